The van der Waals surface area contributed by atoms with E-state index in [9.17, 15) is 23.2 Å². The number of anilines is 1. The number of benzene rings is 1. The number of hydrogen-bond acceptors (Lipinski definition) is 5. The number of aromatic nitrogens is 3. The number of halogens is 3. The number of hydrogen-bond donors (Lipinski definition) is 1. The molecule has 31 heavy (non-hydrogen) atoms. The fourth-order valence-corrected chi connectivity index (χ4v) is 3.18. The van der Waals surface area contributed by atoms with Crippen LogP contribution < -0.4 is 5.32 Å². The third-order valence-corrected chi connectivity index (χ3v) is 4.72. The SMILES string of the molecule is Cc1nocc1C(=O)Nc1cn(Cc2ccc(C(F)(F)F)nc2)c2ccc(C#N)cc12. The summed E-state index contributed by atoms with van der Waals surface area (Å²) in [6.07, 6.45) is -0.455. The zero-order valence-electron chi connectivity index (χ0n) is 16.1. The zero-order chi connectivity index (χ0) is 22.2. The van der Waals surface area contributed by atoms with Crippen LogP contribution in [-0.4, -0.2) is 20.6 Å². The van der Waals surface area contributed by atoms with Crippen LogP contribution in [0, 0.1) is 18.3 Å². The van der Waals surface area contributed by atoms with E-state index in [2.05, 4.69) is 21.5 Å². The zero-order valence-corrected chi connectivity index (χ0v) is 16.1. The van der Waals surface area contributed by atoms with Gasteiger partial charge in [-0.05, 0) is 36.8 Å². The number of carbonyl (C=O) groups is 1. The Bertz CT molecular complexity index is 1310. The molecule has 0 bridgehead atoms. The summed E-state index contributed by atoms with van der Waals surface area (Å²) < 4.78 is 44.8. The minimum atomic E-state index is -4.51. The quantitative estimate of drug-likeness (QED) is 0.518. The first-order chi connectivity index (χ1) is 14.8. The third-order valence-electron chi connectivity index (χ3n) is 4.72. The number of carbonyl (C=O) groups excluding carboxylic acids is 1. The van der Waals surface area contributed by atoms with Crippen LogP contribution in [0.5, 0.6) is 0 Å². The summed E-state index contributed by atoms with van der Waals surface area (Å²) in [7, 11) is 0. The second kappa shape index (κ2) is 7.60. The van der Waals surface area contributed by atoms with Crippen LogP contribution in [0.3, 0.4) is 0 Å². The highest BCUT2D eigenvalue weighted by atomic mass is 19.4. The van der Waals surface area contributed by atoms with Crippen molar-refractivity contribution >= 4 is 22.5 Å². The summed E-state index contributed by atoms with van der Waals surface area (Å²) >= 11 is 0. The normalized spacial score (nSPS) is 11.5. The van der Waals surface area contributed by atoms with Gasteiger partial charge in [-0.3, -0.25) is 9.78 Å². The molecule has 0 aliphatic rings. The van der Waals surface area contributed by atoms with Gasteiger partial charge in [0.2, 0.25) is 0 Å². The summed E-state index contributed by atoms with van der Waals surface area (Å²) in [5, 5.41) is 16.3. The molecule has 3 aromatic heterocycles. The number of nitrogens with zero attached hydrogens (tertiary/aromatic N) is 4. The van der Waals surface area contributed by atoms with Gasteiger partial charge in [0, 0.05) is 24.3 Å². The van der Waals surface area contributed by atoms with Crippen molar-refractivity contribution in [1.82, 2.24) is 14.7 Å². The van der Waals surface area contributed by atoms with E-state index in [0.29, 0.717) is 33.4 Å². The van der Waals surface area contributed by atoms with Gasteiger partial charge in [0.1, 0.15) is 17.5 Å². The smallest absolute Gasteiger partial charge is 0.364 e. The number of pyridine rings is 1. The van der Waals surface area contributed by atoms with Crippen LogP contribution in [0.25, 0.3) is 10.9 Å². The molecule has 0 saturated heterocycles. The van der Waals surface area contributed by atoms with Gasteiger partial charge in [-0.25, -0.2) is 0 Å². The Labute approximate surface area is 173 Å². The molecule has 7 nitrogen and oxygen atoms in total. The molecule has 0 saturated carbocycles. The fraction of sp³-hybridized carbons (Fsp3) is 0.143. The van der Waals surface area contributed by atoms with Gasteiger partial charge >= 0.3 is 6.18 Å². The fourth-order valence-electron chi connectivity index (χ4n) is 3.18. The highest BCUT2D eigenvalue weighted by molar-refractivity contribution is 6.09. The number of nitrogens with one attached hydrogen (secondary N) is 1. The number of alkyl halides is 3. The molecule has 0 unspecified atom stereocenters. The largest absolute Gasteiger partial charge is 0.433 e. The van der Waals surface area contributed by atoms with E-state index in [1.807, 2.05) is 0 Å². The molecule has 1 aromatic carbocycles. The first-order valence-electron chi connectivity index (χ1n) is 9.03. The molecule has 0 aliphatic carbocycles. The van der Waals surface area contributed by atoms with Crippen LogP contribution in [0.2, 0.25) is 0 Å². The van der Waals surface area contributed by atoms with Crippen molar-refractivity contribution in [2.45, 2.75) is 19.6 Å². The van der Waals surface area contributed by atoms with Crippen LogP contribution >= 0.6 is 0 Å². The van der Waals surface area contributed by atoms with Gasteiger partial charge in [-0.2, -0.15) is 18.4 Å². The number of rotatable bonds is 4. The summed E-state index contributed by atoms with van der Waals surface area (Å²) in [5.41, 5.74) is 1.80. The highest BCUT2D eigenvalue weighted by Gasteiger charge is 2.32. The van der Waals surface area contributed by atoms with Crippen LogP contribution in [0.4, 0.5) is 18.9 Å². The molecule has 0 aliphatic heterocycles. The van der Waals surface area contributed by atoms with Gasteiger partial charge in [-0.15, -0.1) is 0 Å². The minimum absolute atomic E-state index is 0.218. The van der Waals surface area contributed by atoms with Gasteiger partial charge in [-0.1, -0.05) is 11.2 Å². The Morgan fingerprint density at radius 3 is 2.71 bits per heavy atom. The Kier molecular flexibility index (Phi) is 4.94. The van der Waals surface area contributed by atoms with Crippen LogP contribution in [0.1, 0.15) is 32.9 Å². The third kappa shape index (κ3) is 3.98. The van der Waals surface area contributed by atoms with Crippen LogP contribution in [-0.2, 0) is 12.7 Å². The van der Waals surface area contributed by atoms with E-state index in [4.69, 9.17) is 4.52 Å². The summed E-state index contributed by atoms with van der Waals surface area (Å²) in [4.78, 5) is 16.1. The van der Waals surface area contributed by atoms with E-state index < -0.39 is 17.8 Å². The van der Waals surface area contributed by atoms with E-state index in [0.717, 1.165) is 12.3 Å². The lowest BCUT2D eigenvalue weighted by Gasteiger charge is -2.08. The van der Waals surface area contributed by atoms with E-state index >= 15 is 0 Å². The number of aryl methyl sites for hydroxylation is 1. The van der Waals surface area contributed by atoms with Gasteiger partial charge in [0.15, 0.2) is 0 Å². The predicted octanol–water partition coefficient (Wildman–Crippen LogP) is 4.52. The average molecular weight is 425 g/mol. The lowest BCUT2D eigenvalue weighted by atomic mass is 10.1. The molecule has 10 heteroatoms. The summed E-state index contributed by atoms with van der Waals surface area (Å²) in [6, 6.07) is 9.30. The predicted molar refractivity (Wildman–Crippen MR) is 104 cm³/mol. The molecule has 0 radical (unpaired) electrons. The molecule has 1 N–H and O–H groups in total. The Hall–Kier alpha value is -4.13. The van der Waals surface area contributed by atoms with Gasteiger partial charge < -0.3 is 14.4 Å². The van der Waals surface area contributed by atoms with Crippen molar-refractivity contribution in [2.24, 2.45) is 0 Å². The number of amides is 1. The highest BCUT2D eigenvalue weighted by Crippen LogP contribution is 2.30. The summed E-state index contributed by atoms with van der Waals surface area (Å²) in [6.45, 7) is 1.85. The van der Waals surface area contributed by atoms with Crippen LogP contribution in [0.15, 0.2) is 53.5 Å². The van der Waals surface area contributed by atoms with Crippen molar-refractivity contribution < 1.29 is 22.5 Å². The molecule has 1 amide bonds. The van der Waals surface area contributed by atoms with Crippen molar-refractivity contribution in [3.05, 3.63) is 77.1 Å². The first kappa shape index (κ1) is 20.2. The average Bonchev–Trinajstić information content (AvgIpc) is 3.31. The van der Waals surface area contributed by atoms with Gasteiger partial charge in [0.05, 0.1) is 28.5 Å². The van der Waals surface area contributed by atoms with Crippen molar-refractivity contribution in [1.29, 1.82) is 5.26 Å². The first-order valence-corrected chi connectivity index (χ1v) is 9.03. The van der Waals surface area contributed by atoms with Gasteiger partial charge in [0.25, 0.3) is 5.91 Å². The molecule has 0 fully saturated rings. The topological polar surface area (TPSA) is 96.7 Å². The molecular weight excluding hydrogens is 411 g/mol. The van der Waals surface area contributed by atoms with Crippen molar-refractivity contribution in [2.75, 3.05) is 5.32 Å². The van der Waals surface area contributed by atoms with Crippen molar-refractivity contribution in [3.63, 3.8) is 0 Å². The molecule has 3 heterocycles. The maximum atomic E-state index is 12.8. The monoisotopic (exact) mass is 425 g/mol. The Morgan fingerprint density at radius 1 is 1.29 bits per heavy atom. The van der Waals surface area contributed by atoms with E-state index in [1.165, 1.54) is 12.3 Å². The number of nitriles is 1. The number of fused-ring (bicyclic) bond motifs is 1. The molecule has 4 aromatic rings. The summed E-state index contributed by atoms with van der Waals surface area (Å²) in [5.74, 6) is -0.434. The standard InChI is InChI=1S/C21H14F3N5O2/c1-12-16(11-31-28-12)20(30)27-17-10-29(18-4-2-13(7-25)6-15(17)18)9-14-3-5-19(26-8-14)21(22,23)24/h2-6,8,10-11H,9H2,1H3,(H,27,30). The maximum absolute atomic E-state index is 12.8. The molecular formula is C21H14F3N5O2. The van der Waals surface area contributed by atoms with Crippen molar-refractivity contribution in [3.8, 4) is 6.07 Å². The maximum Gasteiger partial charge on any atom is 0.433 e. The lowest BCUT2D eigenvalue weighted by Crippen LogP contribution is -2.12. The second-order valence-electron chi connectivity index (χ2n) is 6.83. The second-order valence-corrected chi connectivity index (χ2v) is 6.83. The Morgan fingerprint density at radius 2 is 2.10 bits per heavy atom. The minimum Gasteiger partial charge on any atom is -0.364 e. The molecule has 4 rings (SSSR count). The van der Waals surface area contributed by atoms with E-state index in [1.54, 1.807) is 35.9 Å². The molecule has 156 valence electrons. The molecule has 0 atom stereocenters. The lowest BCUT2D eigenvalue weighted by molar-refractivity contribution is -0.141. The molecule has 0 spiro atoms. The Balaban J connectivity index is 1.70. The van der Waals surface area contributed by atoms with E-state index in [-0.39, 0.29) is 12.1 Å².